The summed E-state index contributed by atoms with van der Waals surface area (Å²) in [6, 6.07) is 9.82. The Labute approximate surface area is 109 Å². The lowest BCUT2D eigenvalue weighted by molar-refractivity contribution is -0.131. The molecule has 1 atom stereocenters. The van der Waals surface area contributed by atoms with E-state index in [9.17, 15) is 4.79 Å². The van der Waals surface area contributed by atoms with Gasteiger partial charge in [-0.15, -0.1) is 6.58 Å². The number of nitrogens with zero attached hydrogens (tertiary/aromatic N) is 1. The Kier molecular flexibility index (Phi) is 6.15. The zero-order chi connectivity index (χ0) is 13.4. The van der Waals surface area contributed by atoms with Crippen LogP contribution < -0.4 is 5.73 Å². The van der Waals surface area contributed by atoms with E-state index in [1.807, 2.05) is 18.2 Å². The van der Waals surface area contributed by atoms with Crippen LogP contribution in [0.1, 0.15) is 18.4 Å². The molecule has 0 bridgehead atoms. The largest absolute Gasteiger partial charge is 0.344 e. The van der Waals surface area contributed by atoms with Gasteiger partial charge in [0, 0.05) is 13.6 Å². The molecule has 1 aromatic rings. The summed E-state index contributed by atoms with van der Waals surface area (Å²) < 4.78 is 0. The molecule has 3 heteroatoms. The third-order valence-corrected chi connectivity index (χ3v) is 2.92. The highest BCUT2D eigenvalue weighted by atomic mass is 16.2. The Morgan fingerprint density at radius 3 is 2.72 bits per heavy atom. The fourth-order valence-corrected chi connectivity index (χ4v) is 1.84. The molecule has 1 unspecified atom stereocenters. The van der Waals surface area contributed by atoms with E-state index in [-0.39, 0.29) is 5.91 Å². The molecule has 0 saturated heterocycles. The molecule has 1 aromatic carbocycles. The van der Waals surface area contributed by atoms with Gasteiger partial charge >= 0.3 is 0 Å². The standard InChI is InChI=1S/C15H22N2O/c1-3-8-14(16)15(18)17(2)12-7-11-13-9-5-4-6-10-13/h3-6,9-10,14H,1,7-8,11-12,16H2,2H3. The zero-order valence-electron chi connectivity index (χ0n) is 11.0. The predicted octanol–water partition coefficient (Wildman–Crippen LogP) is 1.98. The van der Waals surface area contributed by atoms with Crippen molar-refractivity contribution in [3.05, 3.63) is 48.6 Å². The number of likely N-dealkylation sites (N-methyl/N-ethyl adjacent to an activating group) is 1. The van der Waals surface area contributed by atoms with Gasteiger partial charge < -0.3 is 10.6 Å². The van der Waals surface area contributed by atoms with Gasteiger partial charge in [0.2, 0.25) is 5.91 Å². The van der Waals surface area contributed by atoms with Gasteiger partial charge in [-0.05, 0) is 24.8 Å². The molecule has 0 saturated carbocycles. The van der Waals surface area contributed by atoms with Crippen LogP contribution in [-0.2, 0) is 11.2 Å². The van der Waals surface area contributed by atoms with E-state index in [1.165, 1.54) is 5.56 Å². The van der Waals surface area contributed by atoms with Gasteiger partial charge in [-0.2, -0.15) is 0 Å². The maximum atomic E-state index is 11.8. The first-order valence-corrected chi connectivity index (χ1v) is 6.30. The normalized spacial score (nSPS) is 11.9. The number of hydrogen-bond donors (Lipinski definition) is 1. The lowest BCUT2D eigenvalue weighted by Crippen LogP contribution is -2.41. The number of aryl methyl sites for hydroxylation is 1. The van der Waals surface area contributed by atoms with Gasteiger partial charge in [-0.25, -0.2) is 0 Å². The first kappa shape index (κ1) is 14.5. The van der Waals surface area contributed by atoms with Gasteiger partial charge in [0.15, 0.2) is 0 Å². The van der Waals surface area contributed by atoms with E-state index in [0.29, 0.717) is 6.42 Å². The number of nitrogens with two attached hydrogens (primary N) is 1. The Hall–Kier alpha value is -1.61. The van der Waals surface area contributed by atoms with Crippen LogP contribution in [0.4, 0.5) is 0 Å². The van der Waals surface area contributed by atoms with E-state index in [1.54, 1.807) is 18.0 Å². The van der Waals surface area contributed by atoms with E-state index >= 15 is 0 Å². The molecule has 1 rings (SSSR count). The highest BCUT2D eigenvalue weighted by Crippen LogP contribution is 2.04. The molecular weight excluding hydrogens is 224 g/mol. The smallest absolute Gasteiger partial charge is 0.239 e. The van der Waals surface area contributed by atoms with Crippen molar-refractivity contribution in [2.45, 2.75) is 25.3 Å². The molecule has 0 radical (unpaired) electrons. The Bertz CT molecular complexity index is 375. The summed E-state index contributed by atoms with van der Waals surface area (Å²) in [5.41, 5.74) is 7.05. The lowest BCUT2D eigenvalue weighted by atomic mass is 10.1. The molecular formula is C15H22N2O. The maximum Gasteiger partial charge on any atom is 0.239 e. The fourth-order valence-electron chi connectivity index (χ4n) is 1.84. The number of amides is 1. The molecule has 1 amide bonds. The molecule has 0 aliphatic carbocycles. The van der Waals surface area contributed by atoms with Crippen molar-refractivity contribution in [2.24, 2.45) is 5.73 Å². The van der Waals surface area contributed by atoms with Crippen LogP contribution in [0.2, 0.25) is 0 Å². The number of carbonyl (C=O) groups excluding carboxylic acids is 1. The van der Waals surface area contributed by atoms with Crippen molar-refractivity contribution < 1.29 is 4.79 Å². The van der Waals surface area contributed by atoms with Crippen molar-refractivity contribution in [3.8, 4) is 0 Å². The molecule has 0 heterocycles. The molecule has 0 aliphatic rings. The minimum Gasteiger partial charge on any atom is -0.344 e. The van der Waals surface area contributed by atoms with Gasteiger partial charge in [0.05, 0.1) is 6.04 Å². The lowest BCUT2D eigenvalue weighted by Gasteiger charge is -2.20. The highest BCUT2D eigenvalue weighted by molar-refractivity contribution is 5.81. The maximum absolute atomic E-state index is 11.8. The number of carbonyl (C=O) groups is 1. The first-order valence-electron chi connectivity index (χ1n) is 6.30. The van der Waals surface area contributed by atoms with Crippen LogP contribution in [0.5, 0.6) is 0 Å². The average Bonchev–Trinajstić information content (AvgIpc) is 2.39. The van der Waals surface area contributed by atoms with Gasteiger partial charge in [0.1, 0.15) is 0 Å². The summed E-state index contributed by atoms with van der Waals surface area (Å²) in [6.45, 7) is 4.33. The summed E-state index contributed by atoms with van der Waals surface area (Å²) >= 11 is 0. The van der Waals surface area contributed by atoms with Crippen molar-refractivity contribution in [2.75, 3.05) is 13.6 Å². The van der Waals surface area contributed by atoms with Crippen LogP contribution in [0.15, 0.2) is 43.0 Å². The minimum absolute atomic E-state index is 0.0111. The van der Waals surface area contributed by atoms with Gasteiger partial charge in [-0.3, -0.25) is 4.79 Å². The predicted molar refractivity (Wildman–Crippen MR) is 75.2 cm³/mol. The minimum atomic E-state index is -0.454. The topological polar surface area (TPSA) is 46.3 Å². The van der Waals surface area contributed by atoms with Crippen molar-refractivity contribution in [3.63, 3.8) is 0 Å². The van der Waals surface area contributed by atoms with E-state index in [0.717, 1.165) is 19.4 Å². The molecule has 18 heavy (non-hydrogen) atoms. The van der Waals surface area contributed by atoms with E-state index < -0.39 is 6.04 Å². The summed E-state index contributed by atoms with van der Waals surface area (Å²) in [4.78, 5) is 13.5. The van der Waals surface area contributed by atoms with Crippen LogP contribution in [0, 0.1) is 0 Å². The molecule has 98 valence electrons. The summed E-state index contributed by atoms with van der Waals surface area (Å²) in [7, 11) is 1.80. The van der Waals surface area contributed by atoms with Gasteiger partial charge in [-0.1, -0.05) is 36.4 Å². The zero-order valence-corrected chi connectivity index (χ0v) is 11.0. The van der Waals surface area contributed by atoms with Crippen molar-refractivity contribution in [1.82, 2.24) is 4.90 Å². The molecule has 3 nitrogen and oxygen atoms in total. The van der Waals surface area contributed by atoms with Crippen LogP contribution in [0.25, 0.3) is 0 Å². The summed E-state index contributed by atoms with van der Waals surface area (Å²) in [6.07, 6.45) is 4.14. The summed E-state index contributed by atoms with van der Waals surface area (Å²) in [5, 5.41) is 0. The molecule has 0 fully saturated rings. The van der Waals surface area contributed by atoms with Crippen molar-refractivity contribution >= 4 is 5.91 Å². The Morgan fingerprint density at radius 1 is 1.44 bits per heavy atom. The highest BCUT2D eigenvalue weighted by Gasteiger charge is 2.15. The van der Waals surface area contributed by atoms with Crippen molar-refractivity contribution in [1.29, 1.82) is 0 Å². The quantitative estimate of drug-likeness (QED) is 0.748. The molecule has 0 spiro atoms. The molecule has 0 aliphatic heterocycles. The Balaban J connectivity index is 2.30. The van der Waals surface area contributed by atoms with Crippen LogP contribution >= 0.6 is 0 Å². The third kappa shape index (κ3) is 4.72. The second-order valence-corrected chi connectivity index (χ2v) is 4.48. The fraction of sp³-hybridized carbons (Fsp3) is 0.400. The SMILES string of the molecule is C=CCC(N)C(=O)N(C)CCCc1ccccc1. The molecule has 0 aromatic heterocycles. The van der Waals surface area contributed by atoms with E-state index in [4.69, 9.17) is 5.73 Å². The second-order valence-electron chi connectivity index (χ2n) is 4.48. The first-order chi connectivity index (χ1) is 8.65. The van der Waals surface area contributed by atoms with Crippen LogP contribution in [0.3, 0.4) is 0 Å². The second kappa shape index (κ2) is 7.67. The molecule has 2 N–H and O–H groups in total. The van der Waals surface area contributed by atoms with Crippen LogP contribution in [-0.4, -0.2) is 30.4 Å². The number of hydrogen-bond acceptors (Lipinski definition) is 2. The van der Waals surface area contributed by atoms with E-state index in [2.05, 4.69) is 18.7 Å². The number of benzene rings is 1. The monoisotopic (exact) mass is 246 g/mol. The third-order valence-electron chi connectivity index (χ3n) is 2.92. The Morgan fingerprint density at radius 2 is 2.11 bits per heavy atom. The van der Waals surface area contributed by atoms with Gasteiger partial charge in [0.25, 0.3) is 0 Å². The summed E-state index contributed by atoms with van der Waals surface area (Å²) in [5.74, 6) is -0.0111. The number of rotatable bonds is 7. The average molecular weight is 246 g/mol.